The van der Waals surface area contributed by atoms with Crippen molar-refractivity contribution in [3.8, 4) is 33.8 Å². The topological polar surface area (TPSA) is 11.3 Å². The van der Waals surface area contributed by atoms with Gasteiger partial charge in [-0.1, -0.05) is 66.7 Å². The maximum Gasteiger partial charge on any atom is 0.379 e. The molecule has 0 aliphatic carbocycles. The number of hydrogen-bond acceptors (Lipinski definition) is 0. The van der Waals surface area contributed by atoms with Gasteiger partial charge in [-0.3, -0.25) is 0 Å². The third-order valence-corrected chi connectivity index (χ3v) is 4.02. The Kier molecular flexibility index (Phi) is 6.58. The van der Waals surface area contributed by atoms with Crippen molar-refractivity contribution in [1.82, 2.24) is 0 Å². The Labute approximate surface area is 161 Å². The molecule has 0 saturated carbocycles. The van der Waals surface area contributed by atoms with Crippen molar-refractivity contribution in [3.63, 3.8) is 0 Å². The Morgan fingerprint density at radius 2 is 0.786 bits per heavy atom. The highest BCUT2D eigenvalue weighted by atomic mass is 19.4. The van der Waals surface area contributed by atoms with E-state index in [-0.39, 0.29) is 0 Å². The molecular weight excluding hydrogens is 361 g/mol. The van der Waals surface area contributed by atoms with Gasteiger partial charge in [0.2, 0.25) is 0 Å². The summed E-state index contributed by atoms with van der Waals surface area (Å²) in [5, 5.41) is 0. The molecule has 4 heteroatoms. The fourth-order valence-corrected chi connectivity index (χ4v) is 2.79. The monoisotopic (exact) mass is 379 g/mol. The number of halogens is 3. The van der Waals surface area contributed by atoms with E-state index >= 15 is 0 Å². The molecule has 4 rings (SSSR count). The van der Waals surface area contributed by atoms with E-state index in [1.807, 2.05) is 42.5 Å². The molecule has 0 aliphatic rings. The van der Waals surface area contributed by atoms with E-state index in [4.69, 9.17) is 4.42 Å². The summed E-state index contributed by atoms with van der Waals surface area (Å²) in [6.45, 7) is -3.67. The van der Waals surface area contributed by atoms with E-state index in [1.165, 1.54) is 5.56 Å². The van der Waals surface area contributed by atoms with Crippen LogP contribution in [0, 0.1) is 0 Å². The van der Waals surface area contributed by atoms with Crippen molar-refractivity contribution in [2.45, 2.75) is 6.68 Å². The van der Waals surface area contributed by atoms with Gasteiger partial charge in [0.1, 0.15) is 0 Å². The van der Waals surface area contributed by atoms with E-state index in [1.54, 1.807) is 0 Å². The number of benzene rings is 3. The number of alkyl halides is 3. The van der Waals surface area contributed by atoms with E-state index in [0.717, 1.165) is 28.2 Å². The Hall–Kier alpha value is -3.40. The van der Waals surface area contributed by atoms with E-state index in [9.17, 15) is 13.2 Å². The maximum absolute atomic E-state index is 9.67. The number of hydrogen-bond donors (Lipinski definition) is 0. The standard InChI is InChI=1S/C23H17O.CHF3/c1-4-10-18(11-5-1)21-16-22(19-12-6-2-7-13-19)24-23(17-21)20-14-8-3-9-15-20;2-1(3)4/h1-17H;1H/q+1;. The lowest BCUT2D eigenvalue weighted by Gasteiger charge is -2.02. The summed E-state index contributed by atoms with van der Waals surface area (Å²) in [7, 11) is 0. The first-order valence-electron chi connectivity index (χ1n) is 8.70. The highest BCUT2D eigenvalue weighted by Crippen LogP contribution is 2.32. The Morgan fingerprint density at radius 1 is 0.464 bits per heavy atom. The smallest absolute Gasteiger partial charge is 0.207 e. The van der Waals surface area contributed by atoms with Crippen LogP contribution in [0.3, 0.4) is 0 Å². The molecule has 0 atom stereocenters. The predicted molar refractivity (Wildman–Crippen MR) is 107 cm³/mol. The molecule has 0 saturated heterocycles. The summed E-state index contributed by atoms with van der Waals surface area (Å²) in [5.74, 6) is 1.74. The third-order valence-electron chi connectivity index (χ3n) is 4.02. The van der Waals surface area contributed by atoms with Crippen LogP contribution >= 0.6 is 0 Å². The Balaban J connectivity index is 0.000000516. The lowest BCUT2D eigenvalue weighted by Crippen LogP contribution is -1.85. The van der Waals surface area contributed by atoms with Crippen molar-refractivity contribution in [2.24, 2.45) is 0 Å². The first-order valence-corrected chi connectivity index (χ1v) is 8.70. The van der Waals surface area contributed by atoms with Crippen LogP contribution in [0.2, 0.25) is 0 Å². The molecule has 0 bridgehead atoms. The van der Waals surface area contributed by atoms with Gasteiger partial charge in [0.05, 0.1) is 23.3 Å². The van der Waals surface area contributed by atoms with Crippen LogP contribution in [0.25, 0.3) is 33.8 Å². The quantitative estimate of drug-likeness (QED) is 0.331. The second kappa shape index (κ2) is 9.51. The second-order valence-corrected chi connectivity index (χ2v) is 5.92. The first kappa shape index (κ1) is 19.4. The van der Waals surface area contributed by atoms with Crippen LogP contribution in [0.5, 0.6) is 0 Å². The molecule has 3 aromatic carbocycles. The summed E-state index contributed by atoms with van der Waals surface area (Å²) in [6, 6.07) is 35.1. The van der Waals surface area contributed by atoms with Crippen LogP contribution in [-0.2, 0) is 0 Å². The van der Waals surface area contributed by atoms with Gasteiger partial charge in [0.15, 0.2) is 0 Å². The fourth-order valence-electron chi connectivity index (χ4n) is 2.79. The molecule has 0 unspecified atom stereocenters. The summed E-state index contributed by atoms with van der Waals surface area (Å²) in [4.78, 5) is 0. The highest BCUT2D eigenvalue weighted by molar-refractivity contribution is 5.74. The summed E-state index contributed by atoms with van der Waals surface area (Å²) < 4.78 is 35.2. The predicted octanol–water partition coefficient (Wildman–Crippen LogP) is 7.74. The molecule has 1 nitrogen and oxygen atoms in total. The van der Waals surface area contributed by atoms with Crippen molar-refractivity contribution in [3.05, 3.63) is 103 Å². The Bertz CT molecular complexity index is 846. The molecular formula is C24H18F3O+. The molecule has 0 amide bonds. The van der Waals surface area contributed by atoms with E-state index in [0.29, 0.717) is 0 Å². The molecule has 0 aliphatic heterocycles. The van der Waals surface area contributed by atoms with E-state index < -0.39 is 6.68 Å². The van der Waals surface area contributed by atoms with Crippen molar-refractivity contribution in [2.75, 3.05) is 0 Å². The van der Waals surface area contributed by atoms with Crippen molar-refractivity contribution >= 4 is 0 Å². The maximum atomic E-state index is 9.67. The molecule has 4 aromatic rings. The largest absolute Gasteiger partial charge is 0.379 e. The average Bonchev–Trinajstić information content (AvgIpc) is 2.75. The highest BCUT2D eigenvalue weighted by Gasteiger charge is 2.20. The van der Waals surface area contributed by atoms with Gasteiger partial charge in [-0.05, 0) is 29.8 Å². The van der Waals surface area contributed by atoms with Crippen LogP contribution in [-0.4, -0.2) is 6.68 Å². The molecule has 0 fully saturated rings. The van der Waals surface area contributed by atoms with Gasteiger partial charge < -0.3 is 0 Å². The van der Waals surface area contributed by atoms with Crippen molar-refractivity contribution in [1.29, 1.82) is 0 Å². The normalized spacial score (nSPS) is 10.3. The molecule has 0 radical (unpaired) electrons. The SMILES string of the molecule is FC(F)F.c1ccc(-c2cc(-c3ccccc3)[o+]c(-c3ccccc3)c2)cc1. The van der Waals surface area contributed by atoms with E-state index in [2.05, 4.69) is 60.7 Å². The van der Waals surface area contributed by atoms with Gasteiger partial charge in [-0.2, -0.15) is 13.2 Å². The van der Waals surface area contributed by atoms with Crippen LogP contribution in [0.15, 0.2) is 108 Å². The summed E-state index contributed by atoms with van der Waals surface area (Å²) in [5.41, 5.74) is 4.49. The molecule has 0 spiro atoms. The van der Waals surface area contributed by atoms with Gasteiger partial charge in [0, 0.05) is 5.56 Å². The minimum atomic E-state index is -3.67. The fraction of sp³-hybridized carbons (Fsp3) is 0.0417. The first-order chi connectivity index (χ1) is 13.6. The number of rotatable bonds is 3. The zero-order chi connectivity index (χ0) is 19.8. The molecule has 140 valence electrons. The minimum Gasteiger partial charge on any atom is -0.207 e. The van der Waals surface area contributed by atoms with Crippen LogP contribution < -0.4 is 0 Å². The van der Waals surface area contributed by atoms with Gasteiger partial charge in [0.25, 0.3) is 0 Å². The lowest BCUT2D eigenvalue weighted by molar-refractivity contribution is 0.00819. The lowest BCUT2D eigenvalue weighted by atomic mass is 10.0. The van der Waals surface area contributed by atoms with Gasteiger partial charge >= 0.3 is 18.2 Å². The zero-order valence-electron chi connectivity index (χ0n) is 14.9. The zero-order valence-corrected chi connectivity index (χ0v) is 14.9. The Morgan fingerprint density at radius 3 is 1.14 bits per heavy atom. The summed E-state index contributed by atoms with van der Waals surface area (Å²) in [6.07, 6.45) is 0. The molecule has 1 heterocycles. The van der Waals surface area contributed by atoms with Crippen LogP contribution in [0.4, 0.5) is 13.2 Å². The van der Waals surface area contributed by atoms with Gasteiger partial charge in [-0.25, -0.2) is 4.42 Å². The minimum absolute atomic E-state index is 0.871. The third kappa shape index (κ3) is 5.30. The van der Waals surface area contributed by atoms with Crippen molar-refractivity contribution < 1.29 is 17.6 Å². The molecule has 28 heavy (non-hydrogen) atoms. The average molecular weight is 379 g/mol. The molecule has 0 N–H and O–H groups in total. The molecule has 1 aromatic heterocycles. The second-order valence-electron chi connectivity index (χ2n) is 5.92. The summed E-state index contributed by atoms with van der Waals surface area (Å²) >= 11 is 0. The van der Waals surface area contributed by atoms with Gasteiger partial charge in [-0.15, -0.1) is 0 Å². The van der Waals surface area contributed by atoms with Crippen LogP contribution in [0.1, 0.15) is 0 Å².